The predicted octanol–water partition coefficient (Wildman–Crippen LogP) is 8.18. The summed E-state index contributed by atoms with van der Waals surface area (Å²) in [5.41, 5.74) is 1.47. The van der Waals surface area contributed by atoms with Crippen LogP contribution in [0.2, 0.25) is 0 Å². The summed E-state index contributed by atoms with van der Waals surface area (Å²) in [6.45, 7) is 15.9. The lowest BCUT2D eigenvalue weighted by molar-refractivity contribution is 0.0599. The molecule has 0 amide bonds. The molecule has 0 unspecified atom stereocenters. The van der Waals surface area contributed by atoms with Crippen LogP contribution in [0.15, 0.2) is 36.4 Å². The molecule has 32 heavy (non-hydrogen) atoms. The zero-order chi connectivity index (χ0) is 23.7. The maximum atomic E-state index is 12.1. The van der Waals surface area contributed by atoms with Gasteiger partial charge in [-0.25, -0.2) is 4.79 Å². The summed E-state index contributed by atoms with van der Waals surface area (Å²) in [4.78, 5) is 12.1. The summed E-state index contributed by atoms with van der Waals surface area (Å²) in [6.07, 6.45) is 8.99. The Morgan fingerprint density at radius 1 is 1.16 bits per heavy atom. The average Bonchev–Trinajstić information content (AvgIpc) is 2.71. The van der Waals surface area contributed by atoms with E-state index in [4.69, 9.17) is 4.74 Å². The molecule has 182 valence electrons. The Hall–Kier alpha value is -3.00. The van der Waals surface area contributed by atoms with E-state index in [0.717, 1.165) is 18.1 Å². The summed E-state index contributed by atoms with van der Waals surface area (Å²) in [6, 6.07) is 2.91. The van der Waals surface area contributed by atoms with Crippen LogP contribution < -0.4 is 0 Å². The number of ether oxygens (including phenoxy) is 1. The Kier molecular flexibility index (Phi) is 24.1. The van der Waals surface area contributed by atoms with Gasteiger partial charge in [-0.3, -0.25) is 0 Å². The van der Waals surface area contributed by atoms with Crippen molar-refractivity contribution in [3.8, 4) is 17.6 Å². The summed E-state index contributed by atoms with van der Waals surface area (Å²) in [7, 11) is 1.21. The van der Waals surface area contributed by atoms with Crippen LogP contribution in [0.5, 0.6) is 11.5 Å². The molecule has 5 nitrogen and oxygen atoms in total. The van der Waals surface area contributed by atoms with E-state index < -0.39 is 17.5 Å². The maximum Gasteiger partial charge on any atom is 0.338 e. The number of phenolic OH excluding ortho intramolecular Hbond substituents is 2. The highest BCUT2D eigenvalue weighted by Crippen LogP contribution is 2.40. The lowest BCUT2D eigenvalue weighted by atomic mass is 9.89. The summed E-state index contributed by atoms with van der Waals surface area (Å²) < 4.78 is 4.75. The number of methoxy groups -OCH3 is 1. The van der Waals surface area contributed by atoms with E-state index in [9.17, 15) is 20.3 Å². The lowest BCUT2D eigenvalue weighted by Crippen LogP contribution is -2.07. The van der Waals surface area contributed by atoms with Gasteiger partial charge in [0.1, 0.15) is 23.1 Å². The van der Waals surface area contributed by atoms with E-state index >= 15 is 0 Å². The molecular weight excluding hydrogens is 402 g/mol. The number of nitrogens with zero attached hydrogens (tertiary/aromatic N) is 1. The molecule has 0 spiro atoms. The van der Waals surface area contributed by atoms with Crippen molar-refractivity contribution in [1.29, 1.82) is 5.26 Å². The van der Waals surface area contributed by atoms with Crippen LogP contribution >= 0.6 is 0 Å². The fourth-order valence-electron chi connectivity index (χ4n) is 2.42. The van der Waals surface area contributed by atoms with Crippen LogP contribution in [0, 0.1) is 11.3 Å². The molecule has 0 atom stereocenters. The molecule has 0 aliphatic carbocycles. The first-order valence-electron chi connectivity index (χ1n) is 10.3. The molecule has 0 saturated heterocycles. The third-order valence-electron chi connectivity index (χ3n) is 3.56. The molecule has 1 aromatic rings. The molecular formula is C27H45NO4. The highest BCUT2D eigenvalue weighted by Gasteiger charge is 2.25. The van der Waals surface area contributed by atoms with Crippen LogP contribution in [0.4, 0.5) is 0 Å². The van der Waals surface area contributed by atoms with Gasteiger partial charge in [0.15, 0.2) is 0 Å². The molecule has 1 aromatic carbocycles. The first kappa shape index (κ1) is 36.4. The van der Waals surface area contributed by atoms with Crippen molar-refractivity contribution in [1.82, 2.24) is 0 Å². The molecule has 0 fully saturated rings. The van der Waals surface area contributed by atoms with Crippen LogP contribution in [0.1, 0.15) is 104 Å². The Bertz CT molecular complexity index is 782. The molecule has 0 saturated carbocycles. The minimum absolute atomic E-state index is 0. The monoisotopic (exact) mass is 447 g/mol. The Morgan fingerprint density at radius 2 is 1.66 bits per heavy atom. The summed E-state index contributed by atoms with van der Waals surface area (Å²) >= 11 is 0. The van der Waals surface area contributed by atoms with Gasteiger partial charge < -0.3 is 14.9 Å². The molecule has 0 aliphatic heterocycles. The van der Waals surface area contributed by atoms with Gasteiger partial charge in [-0.15, -0.1) is 0 Å². The standard InChI is InChI=1S/C19H21NO4.2C3H8.2CH4/c1-5-7-9-12(3)13(8-6-2)17-14(19(23)24-4)10-16(21)15(11-20)18(17)22;2*1-3-2;;/h5,7,9-10,21-22H,1,6,8H2,2-4H3;2*3H2,1-2H3;2*1H4/b9-7-,13-12+;;;;. The number of hydrogen-bond donors (Lipinski definition) is 2. The molecule has 0 radical (unpaired) electrons. The second-order valence-corrected chi connectivity index (χ2v) is 6.57. The second-order valence-electron chi connectivity index (χ2n) is 6.57. The number of esters is 1. The van der Waals surface area contributed by atoms with Crippen LogP contribution in [0.3, 0.4) is 0 Å². The van der Waals surface area contributed by atoms with Gasteiger partial charge in [0.2, 0.25) is 0 Å². The number of benzene rings is 1. The van der Waals surface area contributed by atoms with Crippen molar-refractivity contribution in [2.24, 2.45) is 0 Å². The van der Waals surface area contributed by atoms with Crippen LogP contribution in [0.25, 0.3) is 5.57 Å². The third-order valence-corrected chi connectivity index (χ3v) is 3.56. The Balaban J connectivity index is -0.000000439. The number of carbonyl (C=O) groups is 1. The van der Waals surface area contributed by atoms with E-state index in [1.165, 1.54) is 20.0 Å². The first-order chi connectivity index (χ1) is 14.2. The summed E-state index contributed by atoms with van der Waals surface area (Å²) in [5.74, 6) is -1.59. The van der Waals surface area contributed by atoms with Crippen LogP contribution in [-0.4, -0.2) is 23.3 Å². The normalized spacial score (nSPS) is 9.94. The molecule has 2 N–H and O–H groups in total. The van der Waals surface area contributed by atoms with Gasteiger partial charge in [-0.1, -0.05) is 93.5 Å². The highest BCUT2D eigenvalue weighted by molar-refractivity contribution is 5.99. The fraction of sp³-hybridized carbons (Fsp3) is 0.481. The van der Waals surface area contributed by atoms with Gasteiger partial charge in [-0.2, -0.15) is 5.26 Å². The van der Waals surface area contributed by atoms with E-state index in [1.807, 2.05) is 13.8 Å². The SMILES string of the molecule is C.C.C=C/C=C\C(C)=C(/CCC)c1c(C(=O)OC)cc(O)c(C#N)c1O.CCC.CCC. The second kappa shape index (κ2) is 21.2. The number of rotatable bonds is 6. The van der Waals surface area contributed by atoms with Crippen molar-refractivity contribution in [2.75, 3.05) is 7.11 Å². The molecule has 0 bridgehead atoms. The number of allylic oxidation sites excluding steroid dienone is 5. The molecule has 0 aliphatic rings. The molecule has 1 rings (SSSR count). The van der Waals surface area contributed by atoms with Gasteiger partial charge in [0, 0.05) is 5.56 Å². The smallest absolute Gasteiger partial charge is 0.338 e. The maximum absolute atomic E-state index is 12.1. The van der Waals surface area contributed by atoms with Crippen molar-refractivity contribution in [3.05, 3.63) is 53.1 Å². The number of hydrogen-bond acceptors (Lipinski definition) is 5. The quantitative estimate of drug-likeness (QED) is 0.339. The summed E-state index contributed by atoms with van der Waals surface area (Å²) in [5, 5.41) is 29.6. The lowest BCUT2D eigenvalue weighted by Gasteiger charge is -2.17. The topological polar surface area (TPSA) is 90.5 Å². The Labute approximate surface area is 196 Å². The van der Waals surface area contributed by atoms with Gasteiger partial charge in [0.05, 0.1) is 12.7 Å². The zero-order valence-corrected chi connectivity index (χ0v) is 19.5. The number of nitriles is 1. The van der Waals surface area contributed by atoms with E-state index in [-0.39, 0.29) is 31.5 Å². The van der Waals surface area contributed by atoms with Crippen molar-refractivity contribution < 1.29 is 19.7 Å². The van der Waals surface area contributed by atoms with Gasteiger partial charge in [0.25, 0.3) is 0 Å². The van der Waals surface area contributed by atoms with E-state index in [1.54, 1.807) is 24.3 Å². The molecule has 0 heterocycles. The van der Waals surface area contributed by atoms with Gasteiger partial charge >= 0.3 is 5.97 Å². The molecule has 0 aromatic heterocycles. The average molecular weight is 448 g/mol. The largest absolute Gasteiger partial charge is 0.506 e. The highest BCUT2D eigenvalue weighted by atomic mass is 16.5. The minimum Gasteiger partial charge on any atom is -0.506 e. The number of phenols is 2. The van der Waals surface area contributed by atoms with Crippen LogP contribution in [-0.2, 0) is 4.74 Å². The van der Waals surface area contributed by atoms with Crippen molar-refractivity contribution in [3.63, 3.8) is 0 Å². The third kappa shape index (κ3) is 11.4. The predicted molar refractivity (Wildman–Crippen MR) is 138 cm³/mol. The first-order valence-corrected chi connectivity index (χ1v) is 10.3. The van der Waals surface area contributed by atoms with Crippen molar-refractivity contribution in [2.45, 2.75) is 82.1 Å². The zero-order valence-electron chi connectivity index (χ0n) is 19.5. The fourth-order valence-corrected chi connectivity index (χ4v) is 2.42. The van der Waals surface area contributed by atoms with E-state index in [2.05, 4.69) is 34.3 Å². The van der Waals surface area contributed by atoms with E-state index in [0.29, 0.717) is 12.0 Å². The molecule has 5 heteroatoms. The van der Waals surface area contributed by atoms with Crippen molar-refractivity contribution >= 4 is 11.5 Å². The van der Waals surface area contributed by atoms with Gasteiger partial charge in [-0.05, 0) is 30.6 Å². The number of carbonyl (C=O) groups excluding carboxylic acids is 1. The minimum atomic E-state index is -0.700. The number of aromatic hydroxyl groups is 2. The Morgan fingerprint density at radius 3 is 2.03 bits per heavy atom.